The number of hydrogen-bond acceptors (Lipinski definition) is 4. The first-order chi connectivity index (χ1) is 8.29. The average molecular weight is 247 g/mol. The average Bonchev–Trinajstić information content (AvgIpc) is 2.82. The molecule has 4 heteroatoms. The van der Waals surface area contributed by atoms with Gasteiger partial charge in [0.2, 0.25) is 0 Å². The van der Waals surface area contributed by atoms with Crippen molar-refractivity contribution in [1.82, 2.24) is 15.3 Å². The fourth-order valence-corrected chi connectivity index (χ4v) is 2.49. The maximum atomic E-state index is 4.46. The van der Waals surface area contributed by atoms with E-state index in [0.717, 1.165) is 24.4 Å². The Morgan fingerprint density at radius 1 is 1.35 bits per heavy atom. The molecule has 1 N–H and O–H groups in total. The van der Waals surface area contributed by atoms with E-state index in [-0.39, 0.29) is 6.04 Å². The minimum atomic E-state index is 0.256. The molecule has 0 bridgehead atoms. The van der Waals surface area contributed by atoms with Gasteiger partial charge in [0.1, 0.15) is 0 Å². The van der Waals surface area contributed by atoms with Crippen molar-refractivity contribution in [2.45, 2.75) is 26.3 Å². The smallest absolute Gasteiger partial charge is 0.0759 e. The van der Waals surface area contributed by atoms with Gasteiger partial charge in [-0.2, -0.15) is 0 Å². The summed E-state index contributed by atoms with van der Waals surface area (Å²) in [7, 11) is 0. The number of thiophene rings is 1. The van der Waals surface area contributed by atoms with Crippen molar-refractivity contribution in [3.05, 3.63) is 46.2 Å². The monoisotopic (exact) mass is 247 g/mol. The van der Waals surface area contributed by atoms with Gasteiger partial charge < -0.3 is 5.32 Å². The molecule has 2 rings (SSSR count). The molecule has 0 aliphatic carbocycles. The van der Waals surface area contributed by atoms with Crippen molar-refractivity contribution in [1.29, 1.82) is 0 Å². The fourth-order valence-electron chi connectivity index (χ4n) is 1.74. The van der Waals surface area contributed by atoms with Gasteiger partial charge in [-0.05, 0) is 24.9 Å². The molecule has 1 unspecified atom stereocenters. The summed E-state index contributed by atoms with van der Waals surface area (Å²) in [5.74, 6) is 0. The van der Waals surface area contributed by atoms with Crippen LogP contribution in [0.4, 0.5) is 0 Å². The number of aromatic nitrogens is 2. The van der Waals surface area contributed by atoms with Crippen molar-refractivity contribution < 1.29 is 0 Å². The highest BCUT2D eigenvalue weighted by Gasteiger charge is 2.13. The number of rotatable bonds is 5. The zero-order valence-corrected chi connectivity index (χ0v) is 11.0. The van der Waals surface area contributed by atoms with Crippen LogP contribution in [0.1, 0.15) is 29.2 Å². The third-order valence-electron chi connectivity index (χ3n) is 2.59. The van der Waals surface area contributed by atoms with Gasteiger partial charge in [-0.25, -0.2) is 0 Å². The van der Waals surface area contributed by atoms with Crippen LogP contribution in [-0.4, -0.2) is 16.5 Å². The minimum Gasteiger partial charge on any atom is -0.309 e. The second-order valence-corrected chi connectivity index (χ2v) is 5.01. The molecule has 0 saturated heterocycles. The Labute approximate surface area is 106 Å². The minimum absolute atomic E-state index is 0.256. The zero-order chi connectivity index (χ0) is 12.1. The largest absolute Gasteiger partial charge is 0.309 e. The predicted molar refractivity (Wildman–Crippen MR) is 71.2 cm³/mol. The molecule has 0 saturated carbocycles. The second-order valence-electron chi connectivity index (χ2n) is 3.98. The van der Waals surface area contributed by atoms with Crippen LogP contribution >= 0.6 is 11.3 Å². The topological polar surface area (TPSA) is 37.8 Å². The van der Waals surface area contributed by atoms with E-state index in [2.05, 4.69) is 39.7 Å². The number of nitrogens with one attached hydrogen (secondary N) is 1. The molecular formula is C13H17N3S. The molecule has 0 spiro atoms. The van der Waals surface area contributed by atoms with Crippen LogP contribution in [0, 0.1) is 6.92 Å². The molecule has 0 radical (unpaired) electrons. The van der Waals surface area contributed by atoms with Crippen LogP contribution in [0.3, 0.4) is 0 Å². The molecule has 0 fully saturated rings. The molecule has 90 valence electrons. The van der Waals surface area contributed by atoms with E-state index < -0.39 is 0 Å². The van der Waals surface area contributed by atoms with E-state index in [4.69, 9.17) is 0 Å². The first kappa shape index (κ1) is 12.2. The van der Waals surface area contributed by atoms with Crippen molar-refractivity contribution in [2.24, 2.45) is 0 Å². The molecular weight excluding hydrogens is 230 g/mol. The lowest BCUT2D eigenvalue weighted by Crippen LogP contribution is -2.23. The van der Waals surface area contributed by atoms with Crippen LogP contribution in [-0.2, 0) is 6.42 Å². The Morgan fingerprint density at radius 2 is 2.24 bits per heavy atom. The summed E-state index contributed by atoms with van der Waals surface area (Å²) in [5, 5.41) is 5.57. The summed E-state index contributed by atoms with van der Waals surface area (Å²) in [6.45, 7) is 5.01. The Kier molecular flexibility index (Phi) is 4.23. The molecule has 3 nitrogen and oxygen atoms in total. The molecule has 0 aromatic carbocycles. The van der Waals surface area contributed by atoms with E-state index in [1.165, 1.54) is 4.88 Å². The van der Waals surface area contributed by atoms with Crippen LogP contribution in [0.5, 0.6) is 0 Å². The van der Waals surface area contributed by atoms with Crippen LogP contribution in [0.25, 0.3) is 0 Å². The number of hydrogen-bond donors (Lipinski definition) is 1. The highest BCUT2D eigenvalue weighted by atomic mass is 32.1. The Balaban J connectivity index is 2.13. The SMILES string of the molecule is CCNC(Cc1cccs1)c1cnc(C)cn1. The molecule has 0 aliphatic heterocycles. The molecule has 1 atom stereocenters. The van der Waals surface area contributed by atoms with Gasteiger partial charge in [0, 0.05) is 17.5 Å². The van der Waals surface area contributed by atoms with E-state index in [1.807, 2.05) is 19.3 Å². The fraction of sp³-hybridized carbons (Fsp3) is 0.385. The van der Waals surface area contributed by atoms with E-state index >= 15 is 0 Å². The van der Waals surface area contributed by atoms with Crippen molar-refractivity contribution in [2.75, 3.05) is 6.54 Å². The third kappa shape index (κ3) is 3.35. The maximum absolute atomic E-state index is 4.46. The quantitative estimate of drug-likeness (QED) is 0.883. The molecule has 2 heterocycles. The number of nitrogens with zero attached hydrogens (tertiary/aromatic N) is 2. The van der Waals surface area contributed by atoms with Crippen LogP contribution in [0.2, 0.25) is 0 Å². The molecule has 2 aromatic heterocycles. The molecule has 2 aromatic rings. The predicted octanol–water partition coefficient (Wildman–Crippen LogP) is 2.74. The summed E-state index contributed by atoms with van der Waals surface area (Å²) in [6, 6.07) is 4.51. The van der Waals surface area contributed by atoms with Gasteiger partial charge in [-0.3, -0.25) is 9.97 Å². The molecule has 0 aliphatic rings. The van der Waals surface area contributed by atoms with Gasteiger partial charge in [0.25, 0.3) is 0 Å². The zero-order valence-electron chi connectivity index (χ0n) is 10.2. The lowest BCUT2D eigenvalue weighted by Gasteiger charge is -2.16. The lowest BCUT2D eigenvalue weighted by molar-refractivity contribution is 0.537. The van der Waals surface area contributed by atoms with Gasteiger partial charge in [-0.1, -0.05) is 13.0 Å². The van der Waals surface area contributed by atoms with Crippen molar-refractivity contribution >= 4 is 11.3 Å². The normalized spacial score (nSPS) is 12.6. The van der Waals surface area contributed by atoms with Crippen molar-refractivity contribution in [3.63, 3.8) is 0 Å². The van der Waals surface area contributed by atoms with Gasteiger partial charge >= 0.3 is 0 Å². The maximum Gasteiger partial charge on any atom is 0.0759 e. The summed E-state index contributed by atoms with van der Waals surface area (Å²) in [6.07, 6.45) is 4.67. The number of likely N-dealkylation sites (N-methyl/N-ethyl adjacent to an activating group) is 1. The van der Waals surface area contributed by atoms with E-state index in [0.29, 0.717) is 0 Å². The number of aryl methyl sites for hydroxylation is 1. The van der Waals surface area contributed by atoms with Gasteiger partial charge in [0.15, 0.2) is 0 Å². The van der Waals surface area contributed by atoms with E-state index in [9.17, 15) is 0 Å². The highest BCUT2D eigenvalue weighted by Crippen LogP contribution is 2.19. The second kappa shape index (κ2) is 5.89. The first-order valence-corrected chi connectivity index (χ1v) is 6.72. The third-order valence-corrected chi connectivity index (χ3v) is 3.49. The van der Waals surface area contributed by atoms with Crippen molar-refractivity contribution in [3.8, 4) is 0 Å². The van der Waals surface area contributed by atoms with Gasteiger partial charge in [0.05, 0.1) is 23.6 Å². The first-order valence-electron chi connectivity index (χ1n) is 5.84. The summed E-state index contributed by atoms with van der Waals surface area (Å²) in [5.41, 5.74) is 1.98. The Hall–Kier alpha value is -1.26. The highest BCUT2D eigenvalue weighted by molar-refractivity contribution is 7.09. The Morgan fingerprint density at radius 3 is 2.82 bits per heavy atom. The molecule has 17 heavy (non-hydrogen) atoms. The van der Waals surface area contributed by atoms with Crippen LogP contribution < -0.4 is 5.32 Å². The summed E-state index contributed by atoms with van der Waals surface area (Å²) in [4.78, 5) is 10.1. The van der Waals surface area contributed by atoms with E-state index in [1.54, 1.807) is 11.3 Å². The van der Waals surface area contributed by atoms with Crippen LogP contribution in [0.15, 0.2) is 29.9 Å². The lowest BCUT2D eigenvalue weighted by atomic mass is 10.1. The Bertz CT molecular complexity index is 436. The van der Waals surface area contributed by atoms with Gasteiger partial charge in [-0.15, -0.1) is 11.3 Å². The standard InChI is InChI=1S/C13H17N3S/c1-3-14-12(7-11-5-4-6-17-11)13-9-15-10(2)8-16-13/h4-6,8-9,12,14H,3,7H2,1-2H3. The summed E-state index contributed by atoms with van der Waals surface area (Å²) < 4.78 is 0. The molecule has 0 amide bonds. The summed E-state index contributed by atoms with van der Waals surface area (Å²) >= 11 is 1.79.